The topological polar surface area (TPSA) is 60.2 Å². The second kappa shape index (κ2) is 7.48. The first-order valence-electron chi connectivity index (χ1n) is 6.67. The van der Waals surface area contributed by atoms with E-state index >= 15 is 0 Å². The van der Waals surface area contributed by atoms with Crippen LogP contribution in [0.4, 0.5) is 0 Å². The van der Waals surface area contributed by atoms with E-state index in [2.05, 4.69) is 43.2 Å². The Morgan fingerprint density at radius 1 is 1.33 bits per heavy atom. The lowest BCUT2D eigenvalue weighted by molar-refractivity contribution is 0.114. The van der Waals surface area contributed by atoms with Crippen LogP contribution in [0, 0.1) is 5.92 Å². The van der Waals surface area contributed by atoms with Crippen molar-refractivity contribution in [3.63, 3.8) is 0 Å². The monoisotopic (exact) mass is 255 g/mol. The van der Waals surface area contributed by atoms with E-state index in [1.165, 1.54) is 0 Å². The third-order valence-corrected chi connectivity index (χ3v) is 3.06. The molecule has 1 N–H and O–H groups in total. The van der Waals surface area contributed by atoms with Crippen molar-refractivity contribution in [1.29, 1.82) is 0 Å². The van der Waals surface area contributed by atoms with Gasteiger partial charge in [0.2, 0.25) is 5.89 Å². The third-order valence-electron chi connectivity index (χ3n) is 3.06. The molecule has 0 fully saturated rings. The van der Waals surface area contributed by atoms with E-state index < -0.39 is 0 Å². The summed E-state index contributed by atoms with van der Waals surface area (Å²) in [4.78, 5) is 4.43. The minimum Gasteiger partial charge on any atom is -0.373 e. The third kappa shape index (κ3) is 4.07. The van der Waals surface area contributed by atoms with Crippen molar-refractivity contribution in [2.75, 3.05) is 13.7 Å². The molecule has 0 radical (unpaired) electrons. The first kappa shape index (κ1) is 15.1. The molecular formula is C13H25N3O2. The number of aromatic nitrogens is 2. The molecule has 0 aliphatic rings. The van der Waals surface area contributed by atoms with E-state index in [4.69, 9.17) is 9.26 Å². The summed E-state index contributed by atoms with van der Waals surface area (Å²) in [6, 6.07) is 0.301. The highest BCUT2D eigenvalue weighted by Gasteiger charge is 2.27. The number of likely N-dealkylation sites (N-methyl/N-ethyl adjacent to an activating group) is 1. The van der Waals surface area contributed by atoms with Crippen LogP contribution in [-0.4, -0.2) is 29.8 Å². The average Bonchev–Trinajstić information content (AvgIpc) is 2.77. The van der Waals surface area contributed by atoms with E-state index in [1.54, 1.807) is 0 Å². The van der Waals surface area contributed by atoms with Gasteiger partial charge in [-0.2, -0.15) is 4.98 Å². The Balaban J connectivity index is 2.69. The zero-order chi connectivity index (χ0) is 13.5. The molecule has 0 saturated carbocycles. The van der Waals surface area contributed by atoms with Crippen molar-refractivity contribution in [2.24, 2.45) is 5.92 Å². The summed E-state index contributed by atoms with van der Waals surface area (Å²) in [5.74, 6) is 1.99. The van der Waals surface area contributed by atoms with Gasteiger partial charge in [0.15, 0.2) is 5.82 Å². The van der Waals surface area contributed by atoms with Gasteiger partial charge in [-0.05, 0) is 26.3 Å². The molecule has 5 heteroatoms. The van der Waals surface area contributed by atoms with Gasteiger partial charge < -0.3 is 14.6 Å². The van der Waals surface area contributed by atoms with Crippen LogP contribution in [0.1, 0.15) is 51.7 Å². The summed E-state index contributed by atoms with van der Waals surface area (Å²) in [5, 5.41) is 7.22. The molecule has 0 amide bonds. The zero-order valence-corrected chi connectivity index (χ0v) is 12.1. The highest BCUT2D eigenvalue weighted by molar-refractivity contribution is 4.99. The molecule has 0 aliphatic heterocycles. The van der Waals surface area contributed by atoms with Crippen molar-refractivity contribution >= 4 is 0 Å². The number of nitrogens with zero attached hydrogens (tertiary/aromatic N) is 2. The van der Waals surface area contributed by atoms with Crippen molar-refractivity contribution < 1.29 is 9.26 Å². The Morgan fingerprint density at radius 3 is 2.61 bits per heavy atom. The molecule has 2 unspecified atom stereocenters. The van der Waals surface area contributed by atoms with Crippen LogP contribution in [0.25, 0.3) is 0 Å². The van der Waals surface area contributed by atoms with Crippen molar-refractivity contribution in [3.05, 3.63) is 11.7 Å². The van der Waals surface area contributed by atoms with Crippen molar-refractivity contribution in [1.82, 2.24) is 15.5 Å². The first-order valence-corrected chi connectivity index (χ1v) is 6.67. The molecule has 1 aromatic rings. The fraction of sp³-hybridized carbons (Fsp3) is 0.846. The van der Waals surface area contributed by atoms with Gasteiger partial charge in [0, 0.05) is 12.6 Å². The van der Waals surface area contributed by atoms with Gasteiger partial charge in [0.05, 0.1) is 5.92 Å². The van der Waals surface area contributed by atoms with Gasteiger partial charge >= 0.3 is 0 Å². The molecule has 104 valence electrons. The second-order valence-electron chi connectivity index (χ2n) is 4.95. The van der Waals surface area contributed by atoms with Gasteiger partial charge in [0.25, 0.3) is 0 Å². The van der Waals surface area contributed by atoms with E-state index in [9.17, 15) is 0 Å². The molecule has 1 heterocycles. The Morgan fingerprint density at radius 2 is 2.06 bits per heavy atom. The maximum atomic E-state index is 5.41. The largest absolute Gasteiger partial charge is 0.373 e. The predicted molar refractivity (Wildman–Crippen MR) is 70.3 cm³/mol. The molecule has 1 rings (SSSR count). The fourth-order valence-corrected chi connectivity index (χ4v) is 2.03. The van der Waals surface area contributed by atoms with Crippen LogP contribution in [0.3, 0.4) is 0 Å². The summed E-state index contributed by atoms with van der Waals surface area (Å²) >= 11 is 0. The molecule has 5 nitrogen and oxygen atoms in total. The second-order valence-corrected chi connectivity index (χ2v) is 4.95. The normalized spacial score (nSPS) is 15.0. The standard InChI is InChI=1S/C13H25N3O2/c1-6-7-17-8-11-15-13(18-16-11)12(9(2)3)10(4)14-5/h9-10,12,14H,6-8H2,1-5H3. The maximum absolute atomic E-state index is 5.41. The lowest BCUT2D eigenvalue weighted by Crippen LogP contribution is -2.32. The summed E-state index contributed by atoms with van der Waals surface area (Å²) in [5.41, 5.74) is 0. The highest BCUT2D eigenvalue weighted by atomic mass is 16.5. The van der Waals surface area contributed by atoms with Crippen LogP contribution in [-0.2, 0) is 11.3 Å². The summed E-state index contributed by atoms with van der Waals surface area (Å²) in [6.45, 7) is 9.68. The number of hydrogen-bond acceptors (Lipinski definition) is 5. The number of rotatable bonds is 8. The molecule has 0 aromatic carbocycles. The molecule has 18 heavy (non-hydrogen) atoms. The van der Waals surface area contributed by atoms with Crippen LogP contribution >= 0.6 is 0 Å². The highest BCUT2D eigenvalue weighted by Crippen LogP contribution is 2.26. The van der Waals surface area contributed by atoms with Gasteiger partial charge in [-0.15, -0.1) is 0 Å². The molecule has 0 bridgehead atoms. The molecule has 0 saturated heterocycles. The minimum absolute atomic E-state index is 0.224. The minimum atomic E-state index is 0.224. The van der Waals surface area contributed by atoms with Gasteiger partial charge in [-0.1, -0.05) is 25.9 Å². The molecule has 2 atom stereocenters. The zero-order valence-electron chi connectivity index (χ0n) is 12.1. The smallest absolute Gasteiger partial charge is 0.231 e. The summed E-state index contributed by atoms with van der Waals surface area (Å²) < 4.78 is 10.8. The van der Waals surface area contributed by atoms with Crippen molar-refractivity contribution in [2.45, 2.75) is 52.7 Å². The van der Waals surface area contributed by atoms with Gasteiger partial charge in [0.1, 0.15) is 6.61 Å². The fourth-order valence-electron chi connectivity index (χ4n) is 2.03. The molecular weight excluding hydrogens is 230 g/mol. The number of hydrogen-bond donors (Lipinski definition) is 1. The Bertz CT molecular complexity index is 339. The number of nitrogens with one attached hydrogen (secondary N) is 1. The van der Waals surface area contributed by atoms with E-state index in [0.29, 0.717) is 30.3 Å². The lowest BCUT2D eigenvalue weighted by atomic mass is 9.89. The van der Waals surface area contributed by atoms with E-state index in [1.807, 2.05) is 7.05 Å². The van der Waals surface area contributed by atoms with Gasteiger partial charge in [-0.25, -0.2) is 0 Å². The van der Waals surface area contributed by atoms with Crippen LogP contribution < -0.4 is 5.32 Å². The molecule has 1 aromatic heterocycles. The first-order chi connectivity index (χ1) is 8.60. The SMILES string of the molecule is CCCOCc1noc(C(C(C)C)C(C)NC)n1. The molecule has 0 aliphatic carbocycles. The van der Waals surface area contributed by atoms with Crippen LogP contribution in [0.15, 0.2) is 4.52 Å². The van der Waals surface area contributed by atoms with Gasteiger partial charge in [-0.3, -0.25) is 0 Å². The van der Waals surface area contributed by atoms with Crippen molar-refractivity contribution in [3.8, 4) is 0 Å². The predicted octanol–water partition coefficient (Wildman–Crippen LogP) is 2.34. The summed E-state index contributed by atoms with van der Waals surface area (Å²) in [7, 11) is 1.95. The van der Waals surface area contributed by atoms with E-state index in [-0.39, 0.29) is 5.92 Å². The molecule has 0 spiro atoms. The van der Waals surface area contributed by atoms with Crippen LogP contribution in [0.5, 0.6) is 0 Å². The average molecular weight is 255 g/mol. The van der Waals surface area contributed by atoms with Crippen LogP contribution in [0.2, 0.25) is 0 Å². The lowest BCUT2D eigenvalue weighted by Gasteiger charge is -2.23. The Hall–Kier alpha value is -0.940. The number of ether oxygens (including phenoxy) is 1. The Kier molecular flexibility index (Phi) is 6.29. The Labute approximate surface area is 109 Å². The van der Waals surface area contributed by atoms with E-state index in [0.717, 1.165) is 13.0 Å². The summed E-state index contributed by atoms with van der Waals surface area (Å²) in [6.07, 6.45) is 0.996. The maximum Gasteiger partial charge on any atom is 0.231 e. The quantitative estimate of drug-likeness (QED) is 0.722.